The van der Waals surface area contributed by atoms with Gasteiger partial charge in [-0.25, -0.2) is 4.79 Å². The molecule has 1 N–H and O–H groups in total. The van der Waals surface area contributed by atoms with Gasteiger partial charge in [-0.3, -0.25) is 4.90 Å². The standard InChI is InChI=1S/C23H23ClN4O3/c1-14-7-9-16(10-8-14)20-19(15(2)28(11-12-30-3)23(29)25-20)22-26-21(27-31-22)17-5-4-6-18(24)13-17/h4-10,13,20H,11-12H2,1-3H3,(H,25,29). The summed E-state index contributed by atoms with van der Waals surface area (Å²) in [5.41, 5.74) is 4.31. The summed E-state index contributed by atoms with van der Waals surface area (Å²) in [7, 11) is 1.60. The second kappa shape index (κ2) is 8.91. The van der Waals surface area contributed by atoms with E-state index < -0.39 is 6.04 Å². The van der Waals surface area contributed by atoms with E-state index in [1.807, 2.05) is 50.2 Å². The number of nitrogens with zero attached hydrogens (tertiary/aromatic N) is 3. The van der Waals surface area contributed by atoms with Gasteiger partial charge in [0.1, 0.15) is 0 Å². The van der Waals surface area contributed by atoms with Gasteiger partial charge in [-0.1, -0.05) is 58.7 Å². The first-order chi connectivity index (χ1) is 15.0. The number of benzene rings is 2. The molecule has 1 aliphatic rings. The number of carbonyl (C=O) groups is 1. The molecule has 2 aromatic carbocycles. The second-order valence-corrected chi connectivity index (χ2v) is 7.81. The Labute approximate surface area is 185 Å². The summed E-state index contributed by atoms with van der Waals surface area (Å²) in [6.07, 6.45) is 0. The summed E-state index contributed by atoms with van der Waals surface area (Å²) in [4.78, 5) is 19.1. The van der Waals surface area contributed by atoms with Gasteiger partial charge in [0.15, 0.2) is 0 Å². The van der Waals surface area contributed by atoms with Crippen LogP contribution in [0.1, 0.15) is 30.0 Å². The van der Waals surface area contributed by atoms with Gasteiger partial charge in [0, 0.05) is 23.4 Å². The van der Waals surface area contributed by atoms with Crippen LogP contribution in [0.5, 0.6) is 0 Å². The van der Waals surface area contributed by atoms with E-state index in [1.54, 1.807) is 24.1 Å². The maximum absolute atomic E-state index is 12.8. The lowest BCUT2D eigenvalue weighted by molar-refractivity contribution is 0.158. The van der Waals surface area contributed by atoms with Crippen LogP contribution in [0.25, 0.3) is 17.0 Å². The number of hydrogen-bond donors (Lipinski definition) is 1. The first kappa shape index (κ1) is 21.1. The van der Waals surface area contributed by atoms with Gasteiger partial charge in [-0.15, -0.1) is 0 Å². The van der Waals surface area contributed by atoms with E-state index in [-0.39, 0.29) is 6.03 Å². The SMILES string of the molecule is COCCN1C(=O)NC(c2ccc(C)cc2)C(c2nc(-c3cccc(Cl)c3)no2)=C1C. The van der Waals surface area contributed by atoms with Crippen LogP contribution in [0.3, 0.4) is 0 Å². The molecule has 1 unspecified atom stereocenters. The van der Waals surface area contributed by atoms with E-state index in [4.69, 9.17) is 20.9 Å². The quantitative estimate of drug-likeness (QED) is 0.595. The molecule has 1 aliphatic heterocycles. The highest BCUT2D eigenvalue weighted by Gasteiger charge is 2.35. The number of halogens is 1. The number of rotatable bonds is 6. The van der Waals surface area contributed by atoms with Gasteiger partial charge >= 0.3 is 6.03 Å². The molecular formula is C23H23ClN4O3. The summed E-state index contributed by atoms with van der Waals surface area (Å²) >= 11 is 6.11. The topological polar surface area (TPSA) is 80.5 Å². The minimum absolute atomic E-state index is 0.196. The number of amides is 2. The largest absolute Gasteiger partial charge is 0.383 e. The van der Waals surface area contributed by atoms with Crippen molar-refractivity contribution < 1.29 is 14.1 Å². The molecule has 0 aliphatic carbocycles. The summed E-state index contributed by atoms with van der Waals surface area (Å²) in [6, 6.07) is 14.7. The molecule has 0 bridgehead atoms. The molecule has 2 heterocycles. The minimum atomic E-state index is -0.417. The van der Waals surface area contributed by atoms with Crippen LogP contribution in [0, 0.1) is 6.92 Å². The molecule has 1 aromatic heterocycles. The number of carbonyl (C=O) groups excluding carboxylic acids is 1. The number of ether oxygens (including phenoxy) is 1. The fourth-order valence-electron chi connectivity index (χ4n) is 3.60. The molecule has 1 atom stereocenters. The highest BCUT2D eigenvalue weighted by molar-refractivity contribution is 6.30. The number of urea groups is 1. The number of nitrogens with one attached hydrogen (secondary N) is 1. The molecule has 0 fully saturated rings. The van der Waals surface area contributed by atoms with Crippen LogP contribution in [-0.4, -0.2) is 41.3 Å². The summed E-state index contributed by atoms with van der Waals surface area (Å²) in [5.74, 6) is 0.779. The average molecular weight is 439 g/mol. The van der Waals surface area contributed by atoms with Gasteiger partial charge in [0.05, 0.1) is 24.8 Å². The number of methoxy groups -OCH3 is 1. The van der Waals surface area contributed by atoms with E-state index in [2.05, 4.69) is 15.5 Å². The van der Waals surface area contributed by atoms with Crippen LogP contribution in [0.2, 0.25) is 5.02 Å². The smallest absolute Gasteiger partial charge is 0.322 e. The fraction of sp³-hybridized carbons (Fsp3) is 0.261. The summed E-state index contributed by atoms with van der Waals surface area (Å²) in [6.45, 7) is 4.72. The Bertz CT molecular complexity index is 1120. The van der Waals surface area contributed by atoms with Crippen molar-refractivity contribution in [2.24, 2.45) is 0 Å². The third kappa shape index (κ3) is 4.33. The molecule has 2 amide bonds. The molecule has 4 rings (SSSR count). The van der Waals surface area contributed by atoms with Crippen LogP contribution in [0.4, 0.5) is 4.79 Å². The molecule has 8 heteroatoms. The summed E-state index contributed by atoms with van der Waals surface area (Å²) < 4.78 is 10.8. The molecule has 0 saturated heterocycles. The third-order valence-electron chi connectivity index (χ3n) is 5.27. The van der Waals surface area contributed by atoms with Crippen molar-refractivity contribution in [1.82, 2.24) is 20.4 Å². The molecule has 0 saturated carbocycles. The van der Waals surface area contributed by atoms with Crippen molar-refractivity contribution in [1.29, 1.82) is 0 Å². The summed E-state index contributed by atoms with van der Waals surface area (Å²) in [5, 5.41) is 7.81. The van der Waals surface area contributed by atoms with Crippen LogP contribution in [0.15, 0.2) is 58.8 Å². The van der Waals surface area contributed by atoms with Gasteiger partial charge in [-0.2, -0.15) is 4.98 Å². The van der Waals surface area contributed by atoms with Crippen molar-refractivity contribution in [3.63, 3.8) is 0 Å². The lowest BCUT2D eigenvalue weighted by atomic mass is 9.94. The van der Waals surface area contributed by atoms with Crippen LogP contribution < -0.4 is 5.32 Å². The Kier molecular flexibility index (Phi) is 6.06. The third-order valence-corrected chi connectivity index (χ3v) is 5.50. The predicted octanol–water partition coefficient (Wildman–Crippen LogP) is 4.84. The minimum Gasteiger partial charge on any atom is -0.383 e. The average Bonchev–Trinajstić information content (AvgIpc) is 3.23. The monoisotopic (exact) mass is 438 g/mol. The lowest BCUT2D eigenvalue weighted by Crippen LogP contribution is -2.47. The maximum atomic E-state index is 12.8. The number of aryl methyl sites for hydroxylation is 1. The molecule has 3 aromatic rings. The molecule has 160 valence electrons. The maximum Gasteiger partial charge on any atom is 0.322 e. The molecular weight excluding hydrogens is 416 g/mol. The molecule has 31 heavy (non-hydrogen) atoms. The Morgan fingerprint density at radius 1 is 1.19 bits per heavy atom. The lowest BCUT2D eigenvalue weighted by Gasteiger charge is -2.35. The highest BCUT2D eigenvalue weighted by atomic mass is 35.5. The highest BCUT2D eigenvalue weighted by Crippen LogP contribution is 2.37. The predicted molar refractivity (Wildman–Crippen MR) is 118 cm³/mol. The molecule has 0 spiro atoms. The van der Waals surface area contributed by atoms with Crippen molar-refractivity contribution >= 4 is 23.2 Å². The number of aromatic nitrogens is 2. The van der Waals surface area contributed by atoms with E-state index in [0.717, 1.165) is 28.0 Å². The van der Waals surface area contributed by atoms with Crippen molar-refractivity contribution in [3.05, 3.63) is 76.3 Å². The van der Waals surface area contributed by atoms with E-state index >= 15 is 0 Å². The second-order valence-electron chi connectivity index (χ2n) is 7.37. The van der Waals surface area contributed by atoms with Crippen LogP contribution in [-0.2, 0) is 4.74 Å². The Hall–Kier alpha value is -3.16. The Balaban J connectivity index is 1.80. The fourth-order valence-corrected chi connectivity index (χ4v) is 3.79. The first-order valence-electron chi connectivity index (χ1n) is 9.92. The van der Waals surface area contributed by atoms with Crippen molar-refractivity contribution in [2.75, 3.05) is 20.3 Å². The Morgan fingerprint density at radius 2 is 1.97 bits per heavy atom. The number of hydrogen-bond acceptors (Lipinski definition) is 5. The van der Waals surface area contributed by atoms with Gasteiger partial charge in [-0.05, 0) is 31.5 Å². The zero-order valence-electron chi connectivity index (χ0n) is 17.6. The normalized spacial score (nSPS) is 16.6. The first-order valence-corrected chi connectivity index (χ1v) is 10.3. The molecule has 0 radical (unpaired) electrons. The van der Waals surface area contributed by atoms with E-state index in [9.17, 15) is 4.79 Å². The van der Waals surface area contributed by atoms with Gasteiger partial charge < -0.3 is 14.6 Å². The van der Waals surface area contributed by atoms with Gasteiger partial charge in [0.2, 0.25) is 5.82 Å². The zero-order chi connectivity index (χ0) is 22.0. The van der Waals surface area contributed by atoms with Crippen molar-refractivity contribution in [3.8, 4) is 11.4 Å². The molecule has 7 nitrogen and oxygen atoms in total. The van der Waals surface area contributed by atoms with E-state index in [1.165, 1.54) is 0 Å². The zero-order valence-corrected chi connectivity index (χ0v) is 18.3. The van der Waals surface area contributed by atoms with Gasteiger partial charge in [0.25, 0.3) is 5.89 Å². The number of allylic oxidation sites excluding steroid dienone is 1. The van der Waals surface area contributed by atoms with E-state index in [0.29, 0.717) is 29.9 Å². The Morgan fingerprint density at radius 3 is 2.68 bits per heavy atom. The van der Waals surface area contributed by atoms with Crippen LogP contribution >= 0.6 is 11.6 Å². The van der Waals surface area contributed by atoms with Crippen molar-refractivity contribution in [2.45, 2.75) is 19.9 Å².